The molecule has 0 aliphatic rings. The van der Waals surface area contributed by atoms with Gasteiger partial charge in [0.05, 0.1) is 10.6 Å². The molecule has 1 rings (SSSR count). The first kappa shape index (κ1) is 13.5. The van der Waals surface area contributed by atoms with Crippen molar-refractivity contribution >= 4 is 21.4 Å². The summed E-state index contributed by atoms with van der Waals surface area (Å²) in [5.41, 5.74) is 6.60. The van der Waals surface area contributed by atoms with E-state index in [1.54, 1.807) is 19.1 Å². The van der Waals surface area contributed by atoms with Crippen molar-refractivity contribution in [2.45, 2.75) is 18.2 Å². The zero-order valence-electron chi connectivity index (χ0n) is 9.86. The maximum absolute atomic E-state index is 12.0. The third kappa shape index (κ3) is 3.45. The van der Waals surface area contributed by atoms with E-state index in [9.17, 15) is 13.2 Å². The summed E-state index contributed by atoms with van der Waals surface area (Å²) in [6.07, 6.45) is -0.0485. The van der Waals surface area contributed by atoms with Gasteiger partial charge in [-0.05, 0) is 24.6 Å². The van der Waals surface area contributed by atoms with Crippen LogP contribution in [0.2, 0.25) is 0 Å². The predicted octanol–water partition coefficient (Wildman–Crippen LogP) is 0.487. The number of benzene rings is 1. The highest BCUT2D eigenvalue weighted by Gasteiger charge is 2.18. The zero-order valence-corrected chi connectivity index (χ0v) is 10.7. The van der Waals surface area contributed by atoms with Gasteiger partial charge in [-0.15, -0.1) is 0 Å². The van der Waals surface area contributed by atoms with E-state index in [0.717, 1.165) is 0 Å². The van der Waals surface area contributed by atoms with Gasteiger partial charge in [-0.25, -0.2) is 8.42 Å². The Bertz CT molecular complexity index is 524. The fourth-order valence-electron chi connectivity index (χ4n) is 1.41. The number of amides is 1. The second kappa shape index (κ2) is 5.18. The molecule has 0 saturated carbocycles. The molecule has 0 spiro atoms. The SMILES string of the molecule is CNC(=O)CCS(=O)(=O)c1cc(N)ccc1C. The lowest BCUT2D eigenvalue weighted by molar-refractivity contribution is -0.120. The summed E-state index contributed by atoms with van der Waals surface area (Å²) >= 11 is 0. The lowest BCUT2D eigenvalue weighted by Gasteiger charge is -2.08. The molecule has 3 N–H and O–H groups in total. The number of hydrogen-bond acceptors (Lipinski definition) is 4. The highest BCUT2D eigenvalue weighted by atomic mass is 32.2. The number of rotatable bonds is 4. The average molecular weight is 256 g/mol. The largest absolute Gasteiger partial charge is 0.399 e. The molecule has 17 heavy (non-hydrogen) atoms. The maximum atomic E-state index is 12.0. The van der Waals surface area contributed by atoms with Crippen LogP contribution in [-0.4, -0.2) is 27.1 Å². The van der Waals surface area contributed by atoms with Crippen LogP contribution in [0.4, 0.5) is 5.69 Å². The van der Waals surface area contributed by atoms with Crippen molar-refractivity contribution in [2.75, 3.05) is 18.5 Å². The Hall–Kier alpha value is -1.56. The third-order valence-corrected chi connectivity index (χ3v) is 4.28. The van der Waals surface area contributed by atoms with Crippen molar-refractivity contribution in [3.63, 3.8) is 0 Å². The molecule has 1 amide bonds. The van der Waals surface area contributed by atoms with Crippen LogP contribution >= 0.6 is 0 Å². The lowest BCUT2D eigenvalue weighted by Crippen LogP contribution is -2.21. The lowest BCUT2D eigenvalue weighted by atomic mass is 10.2. The van der Waals surface area contributed by atoms with Crippen molar-refractivity contribution in [3.05, 3.63) is 23.8 Å². The summed E-state index contributed by atoms with van der Waals surface area (Å²) in [6.45, 7) is 1.70. The molecule has 1 aromatic rings. The van der Waals surface area contributed by atoms with Gasteiger partial charge in [0.25, 0.3) is 0 Å². The van der Waals surface area contributed by atoms with Crippen LogP contribution < -0.4 is 11.1 Å². The van der Waals surface area contributed by atoms with Crippen molar-refractivity contribution in [1.29, 1.82) is 0 Å². The minimum atomic E-state index is -3.46. The van der Waals surface area contributed by atoms with Gasteiger partial charge < -0.3 is 11.1 Å². The molecule has 0 saturated heterocycles. The number of sulfone groups is 1. The fourth-order valence-corrected chi connectivity index (χ4v) is 2.96. The third-order valence-electron chi connectivity index (χ3n) is 2.42. The first-order valence-electron chi connectivity index (χ1n) is 5.16. The van der Waals surface area contributed by atoms with Crippen LogP contribution in [0.5, 0.6) is 0 Å². The predicted molar refractivity (Wildman–Crippen MR) is 66.3 cm³/mol. The molecule has 0 fully saturated rings. The zero-order chi connectivity index (χ0) is 13.1. The van der Waals surface area contributed by atoms with E-state index >= 15 is 0 Å². The Kier molecular flexibility index (Phi) is 4.11. The van der Waals surface area contributed by atoms with Crippen molar-refractivity contribution in [3.8, 4) is 0 Å². The van der Waals surface area contributed by atoms with Gasteiger partial charge in [0.15, 0.2) is 9.84 Å². The normalized spacial score (nSPS) is 11.2. The maximum Gasteiger partial charge on any atom is 0.220 e. The fraction of sp³-hybridized carbons (Fsp3) is 0.364. The Labute approximate surface area is 101 Å². The molecule has 5 nitrogen and oxygen atoms in total. The van der Waals surface area contributed by atoms with Crippen LogP contribution in [0.25, 0.3) is 0 Å². The minimum absolute atomic E-state index is 0.0485. The second-order valence-electron chi connectivity index (χ2n) is 3.77. The molecule has 1 aromatic carbocycles. The molecule has 94 valence electrons. The monoisotopic (exact) mass is 256 g/mol. The van der Waals surface area contributed by atoms with E-state index in [1.165, 1.54) is 13.1 Å². The van der Waals surface area contributed by atoms with E-state index in [4.69, 9.17) is 5.73 Å². The van der Waals surface area contributed by atoms with Crippen LogP contribution in [-0.2, 0) is 14.6 Å². The van der Waals surface area contributed by atoms with Crippen LogP contribution in [0.3, 0.4) is 0 Å². The molecular weight excluding hydrogens is 240 g/mol. The van der Waals surface area contributed by atoms with Crippen molar-refractivity contribution < 1.29 is 13.2 Å². The summed E-state index contributed by atoms with van der Waals surface area (Å²) in [4.78, 5) is 11.2. The summed E-state index contributed by atoms with van der Waals surface area (Å²) < 4.78 is 24.0. The van der Waals surface area contributed by atoms with Crippen LogP contribution in [0, 0.1) is 6.92 Å². The number of nitrogens with one attached hydrogen (secondary N) is 1. The highest BCUT2D eigenvalue weighted by molar-refractivity contribution is 7.91. The summed E-state index contributed by atoms with van der Waals surface area (Å²) in [5.74, 6) is -0.508. The number of nitrogens with two attached hydrogens (primary N) is 1. The molecule has 0 radical (unpaired) electrons. The van der Waals surface area contributed by atoms with Crippen LogP contribution in [0.15, 0.2) is 23.1 Å². The molecule has 0 aromatic heterocycles. The molecule has 0 unspecified atom stereocenters. The number of hydrogen-bond donors (Lipinski definition) is 2. The first-order chi connectivity index (χ1) is 7.86. The molecule has 6 heteroatoms. The van der Waals surface area contributed by atoms with Crippen molar-refractivity contribution in [2.24, 2.45) is 0 Å². The van der Waals surface area contributed by atoms with Crippen molar-refractivity contribution in [1.82, 2.24) is 5.32 Å². The molecule has 0 heterocycles. The Morgan fingerprint density at radius 2 is 2.06 bits per heavy atom. The smallest absolute Gasteiger partial charge is 0.220 e. The van der Waals surface area contributed by atoms with Gasteiger partial charge in [-0.1, -0.05) is 6.07 Å². The number of carbonyl (C=O) groups excluding carboxylic acids is 1. The Balaban J connectivity index is 2.97. The molecule has 0 atom stereocenters. The standard InChI is InChI=1S/C11H16N2O3S/c1-8-3-4-9(12)7-10(8)17(15,16)6-5-11(14)13-2/h3-4,7H,5-6,12H2,1-2H3,(H,13,14). The van der Waals surface area contributed by atoms with Gasteiger partial charge in [0.1, 0.15) is 0 Å². The molecule has 0 bridgehead atoms. The van der Waals surface area contributed by atoms with E-state index in [2.05, 4.69) is 5.32 Å². The summed E-state index contributed by atoms with van der Waals surface area (Å²) in [6, 6.07) is 4.73. The number of nitrogen functional groups attached to an aromatic ring is 1. The van der Waals surface area contributed by atoms with E-state index < -0.39 is 9.84 Å². The number of anilines is 1. The first-order valence-corrected chi connectivity index (χ1v) is 6.81. The number of aryl methyl sites for hydroxylation is 1. The topological polar surface area (TPSA) is 89.3 Å². The minimum Gasteiger partial charge on any atom is -0.399 e. The molecule has 0 aliphatic heterocycles. The number of carbonyl (C=O) groups is 1. The second-order valence-corrected chi connectivity index (χ2v) is 5.84. The Morgan fingerprint density at radius 1 is 1.41 bits per heavy atom. The summed E-state index contributed by atoms with van der Waals surface area (Å²) in [7, 11) is -1.99. The average Bonchev–Trinajstić information content (AvgIpc) is 2.29. The quantitative estimate of drug-likeness (QED) is 0.767. The van der Waals surface area contributed by atoms with E-state index in [0.29, 0.717) is 11.3 Å². The Morgan fingerprint density at radius 3 is 2.65 bits per heavy atom. The van der Waals surface area contributed by atoms with Gasteiger partial charge in [0, 0.05) is 19.2 Å². The summed E-state index contributed by atoms with van der Waals surface area (Å²) in [5, 5.41) is 2.39. The van der Waals surface area contributed by atoms with Gasteiger partial charge in [0.2, 0.25) is 5.91 Å². The van der Waals surface area contributed by atoms with Gasteiger partial charge in [-0.2, -0.15) is 0 Å². The van der Waals surface area contributed by atoms with Gasteiger partial charge in [-0.3, -0.25) is 4.79 Å². The van der Waals surface area contributed by atoms with Gasteiger partial charge >= 0.3 is 0 Å². The van der Waals surface area contributed by atoms with Crippen LogP contribution in [0.1, 0.15) is 12.0 Å². The molecule has 0 aliphatic carbocycles. The molecular formula is C11H16N2O3S. The highest BCUT2D eigenvalue weighted by Crippen LogP contribution is 2.20. The van der Waals surface area contributed by atoms with E-state index in [1.807, 2.05) is 0 Å². The van der Waals surface area contributed by atoms with E-state index in [-0.39, 0.29) is 23.0 Å².